The molecule has 2 aliphatic rings. The Morgan fingerprint density at radius 1 is 0.577 bits per heavy atom. The third-order valence-corrected chi connectivity index (χ3v) is 13.7. The predicted octanol–water partition coefficient (Wildman–Crippen LogP) is 8.59. The molecule has 0 spiro atoms. The van der Waals surface area contributed by atoms with Gasteiger partial charge in [-0.15, -0.1) is 0 Å². The highest BCUT2D eigenvalue weighted by Crippen LogP contribution is 2.35. The summed E-state index contributed by atoms with van der Waals surface area (Å²) in [7, 11) is 0. The van der Waals surface area contributed by atoms with Gasteiger partial charge in [0.05, 0.1) is 19.0 Å². The molecule has 14 heteroatoms. The van der Waals surface area contributed by atoms with Gasteiger partial charge < -0.3 is 10.2 Å². The molecule has 4 heterocycles. The van der Waals surface area contributed by atoms with Gasteiger partial charge in [-0.05, 0) is 114 Å². The van der Waals surface area contributed by atoms with Gasteiger partial charge in [0.2, 0.25) is 23.6 Å². The number of nitrogens with zero attached hydrogens (tertiary/aromatic N) is 6. The molecule has 6 aromatic rings. The SMILES string of the molecule is CC(=O)N(CC(C(=O)O)C(c1ccccc1)c1ccccc1)N1CCC[C@@H](CCc2ccncc2)C1=O.CC(=O)N(C[C@H](C(=O)O)c1cccc2ccccc12)N1CCC[C@@H](CCc2ccncc2)C1=O. The average molecular weight is 959 g/mol. The maximum Gasteiger partial charge on any atom is 0.312 e. The number of carbonyl (C=O) groups excluding carboxylic acids is 4. The number of hydrazine groups is 2. The standard InChI is InChI=1S/C30H33N3O4.C27H29N3O4/c1-22(34)33(32-20-8-13-26(29(32)35)15-14-23-16-18-31-19-17-23)21-27(30(36)37)28(24-9-4-2-5-10-24)25-11-6-3-7-12-25;1-19(31)30(18-25(27(33)34)24-10-4-7-21-6-2-3-9-23(21)24)29-17-5-8-22(26(29)32)12-11-20-13-15-28-16-14-20/h2-7,9-12,16-19,26-28H,8,13-15,20-21H2,1H3,(H,36,37);2-4,6-7,9-10,13-16,22,25H,5,8,11-12,17-18H2,1H3,(H,33,34)/t26-,27?;22-,25-/m00/s1. The van der Waals surface area contributed by atoms with Crippen molar-refractivity contribution in [2.45, 2.75) is 77.0 Å². The number of carboxylic acids is 2. The molecular formula is C57H62N6O8. The van der Waals surface area contributed by atoms with Crippen LogP contribution in [0.15, 0.2) is 152 Å². The lowest BCUT2D eigenvalue weighted by Crippen LogP contribution is -2.56. The van der Waals surface area contributed by atoms with E-state index in [-0.39, 0.29) is 48.6 Å². The van der Waals surface area contributed by atoms with Gasteiger partial charge in [0.1, 0.15) is 5.92 Å². The van der Waals surface area contributed by atoms with Crippen molar-refractivity contribution in [3.05, 3.63) is 180 Å². The molecule has 4 atom stereocenters. The number of benzene rings is 4. The summed E-state index contributed by atoms with van der Waals surface area (Å²) in [4.78, 5) is 85.5. The first kappa shape index (κ1) is 51.1. The third-order valence-electron chi connectivity index (χ3n) is 13.7. The van der Waals surface area contributed by atoms with Crippen LogP contribution in [-0.2, 0) is 41.6 Å². The molecule has 0 aliphatic carbocycles. The van der Waals surface area contributed by atoms with E-state index >= 15 is 0 Å². The number of rotatable bonds is 18. The van der Waals surface area contributed by atoms with Crippen LogP contribution < -0.4 is 0 Å². The minimum absolute atomic E-state index is 0.0953. The molecule has 4 aromatic carbocycles. The topological polar surface area (TPSA) is 182 Å². The number of carboxylic acid groups (broad SMARTS) is 2. The number of aromatic nitrogens is 2. The zero-order chi connectivity index (χ0) is 50.3. The highest BCUT2D eigenvalue weighted by atomic mass is 16.4. The summed E-state index contributed by atoms with van der Waals surface area (Å²) in [6.07, 6.45) is 12.8. The molecule has 2 saturated heterocycles. The normalized spacial score (nSPS) is 16.7. The maximum atomic E-state index is 13.5. The summed E-state index contributed by atoms with van der Waals surface area (Å²) in [5.41, 5.74) is 4.57. The van der Waals surface area contributed by atoms with Gasteiger partial charge in [0, 0.05) is 69.5 Å². The van der Waals surface area contributed by atoms with E-state index in [4.69, 9.17) is 0 Å². The molecule has 0 bridgehead atoms. The molecule has 2 aliphatic heterocycles. The zero-order valence-corrected chi connectivity index (χ0v) is 40.3. The monoisotopic (exact) mass is 958 g/mol. The van der Waals surface area contributed by atoms with E-state index in [9.17, 15) is 39.0 Å². The number of amides is 4. The van der Waals surface area contributed by atoms with Crippen LogP contribution in [0.5, 0.6) is 0 Å². The van der Waals surface area contributed by atoms with E-state index in [0.717, 1.165) is 71.6 Å². The summed E-state index contributed by atoms with van der Waals surface area (Å²) in [6, 6.07) is 39.9. The van der Waals surface area contributed by atoms with Gasteiger partial charge in [-0.2, -0.15) is 0 Å². The number of aryl methyl sites for hydroxylation is 2. The number of hydrogen-bond donors (Lipinski definition) is 2. The fourth-order valence-corrected chi connectivity index (χ4v) is 9.98. The second-order valence-electron chi connectivity index (χ2n) is 18.3. The molecule has 71 heavy (non-hydrogen) atoms. The molecule has 2 fully saturated rings. The summed E-state index contributed by atoms with van der Waals surface area (Å²) < 4.78 is 0. The van der Waals surface area contributed by atoms with E-state index in [1.165, 1.54) is 33.9 Å². The van der Waals surface area contributed by atoms with E-state index in [1.54, 1.807) is 30.9 Å². The van der Waals surface area contributed by atoms with Crippen molar-refractivity contribution in [1.82, 2.24) is 30.0 Å². The lowest BCUT2D eigenvalue weighted by Gasteiger charge is -2.41. The van der Waals surface area contributed by atoms with E-state index < -0.39 is 29.7 Å². The van der Waals surface area contributed by atoms with Crippen LogP contribution >= 0.6 is 0 Å². The van der Waals surface area contributed by atoms with Crippen molar-refractivity contribution in [1.29, 1.82) is 0 Å². The number of aliphatic carboxylic acids is 2. The Balaban J connectivity index is 0.000000209. The molecular weight excluding hydrogens is 897 g/mol. The molecule has 14 nitrogen and oxygen atoms in total. The van der Waals surface area contributed by atoms with Gasteiger partial charge in [0.15, 0.2) is 0 Å². The first-order valence-electron chi connectivity index (χ1n) is 24.4. The first-order valence-corrected chi connectivity index (χ1v) is 24.4. The minimum atomic E-state index is -1.03. The van der Waals surface area contributed by atoms with Crippen LogP contribution in [0.1, 0.15) is 92.0 Å². The Kier molecular flexibility index (Phi) is 17.8. The van der Waals surface area contributed by atoms with Crippen LogP contribution in [-0.4, -0.2) is 102 Å². The molecule has 2 N–H and O–H groups in total. The number of piperidine rings is 2. The fraction of sp³-hybridized carbons (Fsp3) is 0.333. The minimum Gasteiger partial charge on any atom is -0.481 e. The predicted molar refractivity (Wildman–Crippen MR) is 269 cm³/mol. The molecule has 4 amide bonds. The molecule has 1 unspecified atom stereocenters. The third kappa shape index (κ3) is 13.1. The van der Waals surface area contributed by atoms with Crippen molar-refractivity contribution < 1.29 is 39.0 Å². The lowest BCUT2D eigenvalue weighted by molar-refractivity contribution is -0.172. The van der Waals surface area contributed by atoms with Crippen LogP contribution in [0, 0.1) is 17.8 Å². The number of hydrogen-bond acceptors (Lipinski definition) is 8. The van der Waals surface area contributed by atoms with Crippen molar-refractivity contribution in [3.63, 3.8) is 0 Å². The molecule has 8 rings (SSSR count). The molecule has 0 saturated carbocycles. The van der Waals surface area contributed by atoms with E-state index in [2.05, 4.69) is 9.97 Å². The van der Waals surface area contributed by atoms with Gasteiger partial charge in [-0.25, -0.2) is 0 Å². The average Bonchev–Trinajstić information content (AvgIpc) is 3.38. The molecule has 368 valence electrons. The first-order chi connectivity index (χ1) is 34.4. The Labute approximate surface area is 414 Å². The number of carbonyl (C=O) groups is 6. The van der Waals surface area contributed by atoms with Crippen LogP contribution in [0.2, 0.25) is 0 Å². The van der Waals surface area contributed by atoms with Crippen molar-refractivity contribution >= 4 is 46.3 Å². The summed E-state index contributed by atoms with van der Waals surface area (Å²) in [5, 5.41) is 27.9. The second kappa shape index (κ2) is 24.7. The zero-order valence-electron chi connectivity index (χ0n) is 40.3. The van der Waals surface area contributed by atoms with Crippen molar-refractivity contribution in [2.75, 3.05) is 26.2 Å². The highest BCUT2D eigenvalue weighted by Gasteiger charge is 2.40. The summed E-state index contributed by atoms with van der Waals surface area (Å²) in [5.74, 6) is -5.75. The van der Waals surface area contributed by atoms with Gasteiger partial charge in [0.25, 0.3) is 0 Å². The summed E-state index contributed by atoms with van der Waals surface area (Å²) >= 11 is 0. The Morgan fingerprint density at radius 3 is 1.49 bits per heavy atom. The smallest absolute Gasteiger partial charge is 0.312 e. The van der Waals surface area contributed by atoms with Gasteiger partial charge in [-0.1, -0.05) is 103 Å². The quantitative estimate of drug-likeness (QED) is 0.0847. The fourth-order valence-electron chi connectivity index (χ4n) is 9.98. The van der Waals surface area contributed by atoms with Gasteiger partial charge >= 0.3 is 11.9 Å². The molecule has 0 radical (unpaired) electrons. The largest absolute Gasteiger partial charge is 0.481 e. The van der Waals surface area contributed by atoms with Crippen molar-refractivity contribution in [2.24, 2.45) is 17.8 Å². The van der Waals surface area contributed by atoms with Crippen LogP contribution in [0.3, 0.4) is 0 Å². The lowest BCUT2D eigenvalue weighted by atomic mass is 9.80. The van der Waals surface area contributed by atoms with E-state index in [0.29, 0.717) is 31.5 Å². The Bertz CT molecular complexity index is 2700. The van der Waals surface area contributed by atoms with Crippen LogP contribution in [0.4, 0.5) is 0 Å². The Hall–Kier alpha value is -7.74. The number of fused-ring (bicyclic) bond motifs is 1. The van der Waals surface area contributed by atoms with Gasteiger partial charge in [-0.3, -0.25) is 58.8 Å². The van der Waals surface area contributed by atoms with Crippen LogP contribution in [0.25, 0.3) is 10.8 Å². The number of pyridine rings is 2. The van der Waals surface area contributed by atoms with Crippen molar-refractivity contribution in [3.8, 4) is 0 Å². The highest BCUT2D eigenvalue weighted by molar-refractivity contribution is 5.91. The van der Waals surface area contributed by atoms with E-state index in [1.807, 2.05) is 121 Å². The molecule has 2 aromatic heterocycles. The summed E-state index contributed by atoms with van der Waals surface area (Å²) in [6.45, 7) is 3.40. The second-order valence-corrected chi connectivity index (χ2v) is 18.3. The Morgan fingerprint density at radius 2 is 1.03 bits per heavy atom. The maximum absolute atomic E-state index is 13.5.